The lowest BCUT2D eigenvalue weighted by atomic mass is 9.88. The minimum absolute atomic E-state index is 0.234. The summed E-state index contributed by atoms with van der Waals surface area (Å²) in [5, 5.41) is 11.3. The second-order valence-electron chi connectivity index (χ2n) is 4.83. The lowest BCUT2D eigenvalue weighted by Gasteiger charge is -2.24. The Hall–Kier alpha value is -0.870. The highest BCUT2D eigenvalue weighted by molar-refractivity contribution is 9.10. The monoisotopic (exact) mass is 353 g/mol. The van der Waals surface area contributed by atoms with E-state index in [4.69, 9.17) is 17.3 Å². The van der Waals surface area contributed by atoms with Crippen molar-refractivity contribution in [1.29, 1.82) is 0 Å². The summed E-state index contributed by atoms with van der Waals surface area (Å²) in [5.74, 6) is -0.234. The van der Waals surface area contributed by atoms with Crippen LogP contribution in [0.1, 0.15) is 28.7 Å². The zero-order valence-electron chi connectivity index (χ0n) is 11.2. The van der Waals surface area contributed by atoms with Crippen LogP contribution in [0.3, 0.4) is 0 Å². The van der Waals surface area contributed by atoms with E-state index < -0.39 is 6.10 Å². The van der Waals surface area contributed by atoms with Gasteiger partial charge >= 0.3 is 0 Å². The Balaban J connectivity index is 2.41. The number of aliphatic hydroxyl groups excluding tert-OH is 1. The van der Waals surface area contributed by atoms with Crippen molar-refractivity contribution in [2.24, 2.45) is 5.73 Å². The number of nitrogens with two attached hydrogens (primary N) is 1. The maximum absolute atomic E-state index is 10.7. The molecule has 2 unspecified atom stereocenters. The largest absolute Gasteiger partial charge is 0.388 e. The van der Waals surface area contributed by atoms with E-state index in [1.54, 1.807) is 0 Å². The summed E-state index contributed by atoms with van der Waals surface area (Å²) in [4.78, 5) is 0. The number of benzene rings is 2. The van der Waals surface area contributed by atoms with Crippen LogP contribution in [-0.2, 0) is 0 Å². The van der Waals surface area contributed by atoms with Gasteiger partial charge in [0.1, 0.15) is 0 Å². The summed E-state index contributed by atoms with van der Waals surface area (Å²) >= 11 is 9.71. The van der Waals surface area contributed by atoms with Crippen LogP contribution in [0.4, 0.5) is 0 Å². The van der Waals surface area contributed by atoms with E-state index in [9.17, 15) is 5.11 Å². The van der Waals surface area contributed by atoms with Crippen molar-refractivity contribution in [3.8, 4) is 0 Å². The predicted molar refractivity (Wildman–Crippen MR) is 87.1 cm³/mol. The zero-order valence-corrected chi connectivity index (χ0v) is 13.5. The topological polar surface area (TPSA) is 46.2 Å². The Labute approximate surface area is 132 Å². The molecule has 2 aromatic rings. The van der Waals surface area contributed by atoms with Crippen LogP contribution in [0.25, 0.3) is 0 Å². The maximum Gasteiger partial charge on any atom is 0.0882 e. The maximum atomic E-state index is 10.7. The van der Waals surface area contributed by atoms with Crippen LogP contribution in [-0.4, -0.2) is 11.7 Å². The van der Waals surface area contributed by atoms with Crippen molar-refractivity contribution < 1.29 is 5.11 Å². The summed E-state index contributed by atoms with van der Waals surface area (Å²) in [5.41, 5.74) is 8.67. The van der Waals surface area contributed by atoms with Crippen LogP contribution < -0.4 is 5.73 Å². The summed E-state index contributed by atoms with van der Waals surface area (Å²) in [6.07, 6.45) is -0.700. The van der Waals surface area contributed by atoms with Crippen molar-refractivity contribution in [1.82, 2.24) is 0 Å². The fraction of sp³-hybridized carbons (Fsp3) is 0.250. The molecule has 0 aromatic heterocycles. The zero-order chi connectivity index (χ0) is 14.7. The first-order valence-corrected chi connectivity index (χ1v) is 7.60. The van der Waals surface area contributed by atoms with Crippen LogP contribution >= 0.6 is 27.5 Å². The molecule has 0 saturated heterocycles. The van der Waals surface area contributed by atoms with Gasteiger partial charge in [0.15, 0.2) is 0 Å². The Kier molecular flexibility index (Phi) is 5.22. The van der Waals surface area contributed by atoms with Gasteiger partial charge in [-0.2, -0.15) is 0 Å². The minimum atomic E-state index is -0.700. The number of hydrogen-bond acceptors (Lipinski definition) is 2. The van der Waals surface area contributed by atoms with Crippen LogP contribution in [0, 0.1) is 6.92 Å². The number of aliphatic hydroxyl groups is 1. The van der Waals surface area contributed by atoms with Crippen molar-refractivity contribution >= 4 is 27.5 Å². The molecule has 2 rings (SSSR count). The van der Waals surface area contributed by atoms with E-state index >= 15 is 0 Å². The van der Waals surface area contributed by atoms with Gasteiger partial charge in [-0.1, -0.05) is 63.4 Å². The molecule has 0 amide bonds. The minimum Gasteiger partial charge on any atom is -0.388 e. The molecule has 0 fully saturated rings. The van der Waals surface area contributed by atoms with Crippen molar-refractivity contribution in [3.63, 3.8) is 0 Å². The first-order valence-electron chi connectivity index (χ1n) is 6.43. The third-order valence-electron chi connectivity index (χ3n) is 3.41. The molecule has 0 aliphatic rings. The summed E-state index contributed by atoms with van der Waals surface area (Å²) < 4.78 is 0.876. The van der Waals surface area contributed by atoms with Gasteiger partial charge in [-0.25, -0.2) is 0 Å². The number of hydrogen-bond donors (Lipinski definition) is 2. The second kappa shape index (κ2) is 6.72. The highest BCUT2D eigenvalue weighted by atomic mass is 79.9. The fourth-order valence-electron chi connectivity index (χ4n) is 2.31. The Morgan fingerprint density at radius 2 is 1.90 bits per heavy atom. The van der Waals surface area contributed by atoms with Gasteiger partial charge in [-0.05, 0) is 30.2 Å². The molecule has 0 saturated carbocycles. The molecule has 0 bridgehead atoms. The van der Waals surface area contributed by atoms with Gasteiger partial charge < -0.3 is 10.8 Å². The smallest absolute Gasteiger partial charge is 0.0882 e. The van der Waals surface area contributed by atoms with Gasteiger partial charge in [-0.15, -0.1) is 0 Å². The summed E-state index contributed by atoms with van der Waals surface area (Å²) in [7, 11) is 0. The van der Waals surface area contributed by atoms with E-state index in [-0.39, 0.29) is 5.92 Å². The van der Waals surface area contributed by atoms with Gasteiger partial charge in [0.05, 0.1) is 6.10 Å². The van der Waals surface area contributed by atoms with E-state index in [0.29, 0.717) is 11.6 Å². The standard InChI is InChI=1S/C16H17BrClNO/c1-10-6-7-14(17)12(8-10)16(20)13(9-19)11-4-2-3-5-15(11)18/h2-8,13,16,20H,9,19H2,1H3. The summed E-state index contributed by atoms with van der Waals surface area (Å²) in [6.45, 7) is 2.32. The van der Waals surface area contributed by atoms with Gasteiger partial charge in [0.2, 0.25) is 0 Å². The van der Waals surface area contributed by atoms with Gasteiger partial charge in [-0.3, -0.25) is 0 Å². The Bertz CT molecular complexity index is 603. The van der Waals surface area contributed by atoms with E-state index in [0.717, 1.165) is 21.2 Å². The quantitative estimate of drug-likeness (QED) is 0.865. The van der Waals surface area contributed by atoms with E-state index in [2.05, 4.69) is 15.9 Å². The average molecular weight is 355 g/mol. The first-order chi connectivity index (χ1) is 9.54. The molecule has 2 nitrogen and oxygen atoms in total. The molecule has 106 valence electrons. The SMILES string of the molecule is Cc1ccc(Br)c(C(O)C(CN)c2ccccc2Cl)c1. The van der Waals surface area contributed by atoms with Crippen LogP contribution in [0.5, 0.6) is 0 Å². The second-order valence-corrected chi connectivity index (χ2v) is 6.10. The van der Waals surface area contributed by atoms with Crippen molar-refractivity contribution in [2.75, 3.05) is 6.54 Å². The molecule has 0 spiro atoms. The highest BCUT2D eigenvalue weighted by Crippen LogP contribution is 2.37. The third kappa shape index (κ3) is 3.23. The average Bonchev–Trinajstić information content (AvgIpc) is 2.44. The molecule has 2 aromatic carbocycles. The lowest BCUT2D eigenvalue weighted by molar-refractivity contribution is 0.146. The van der Waals surface area contributed by atoms with E-state index in [1.165, 1.54) is 0 Å². The van der Waals surface area contributed by atoms with Crippen molar-refractivity contribution in [3.05, 3.63) is 68.7 Å². The molecule has 0 heterocycles. The molecule has 0 aliphatic carbocycles. The molecular weight excluding hydrogens is 338 g/mol. The first kappa shape index (κ1) is 15.5. The third-order valence-corrected chi connectivity index (χ3v) is 4.48. The normalized spacial score (nSPS) is 14.1. The number of rotatable bonds is 4. The molecule has 3 N–H and O–H groups in total. The fourth-order valence-corrected chi connectivity index (χ4v) is 3.07. The molecule has 0 aliphatic heterocycles. The molecule has 4 heteroatoms. The molecule has 2 atom stereocenters. The molecule has 0 radical (unpaired) electrons. The number of halogens is 2. The highest BCUT2D eigenvalue weighted by Gasteiger charge is 2.25. The van der Waals surface area contributed by atoms with E-state index in [1.807, 2.05) is 49.4 Å². The Morgan fingerprint density at radius 1 is 1.20 bits per heavy atom. The molecule has 20 heavy (non-hydrogen) atoms. The van der Waals surface area contributed by atoms with Crippen molar-refractivity contribution in [2.45, 2.75) is 18.9 Å². The van der Waals surface area contributed by atoms with Gasteiger partial charge in [0.25, 0.3) is 0 Å². The van der Waals surface area contributed by atoms with Gasteiger partial charge in [0, 0.05) is 22.0 Å². The number of aryl methyl sites for hydroxylation is 1. The summed E-state index contributed by atoms with van der Waals surface area (Å²) in [6, 6.07) is 13.4. The Morgan fingerprint density at radius 3 is 2.55 bits per heavy atom. The predicted octanol–water partition coefficient (Wildman–Crippen LogP) is 4.19. The molecular formula is C16H17BrClNO. The lowest BCUT2D eigenvalue weighted by Crippen LogP contribution is -2.21. The van der Waals surface area contributed by atoms with Crippen LogP contribution in [0.15, 0.2) is 46.9 Å². The van der Waals surface area contributed by atoms with Crippen LogP contribution in [0.2, 0.25) is 5.02 Å².